The lowest BCUT2D eigenvalue weighted by atomic mass is 10.1. The fraction of sp³-hybridized carbons (Fsp3) is 0.767. The number of ether oxygens (including phenoxy) is 2. The molecule has 0 unspecified atom stereocenters. The van der Waals surface area contributed by atoms with Gasteiger partial charge in [0.2, 0.25) is 0 Å². The van der Waals surface area contributed by atoms with Gasteiger partial charge in [-0.3, -0.25) is 4.90 Å². The van der Waals surface area contributed by atoms with E-state index in [1.807, 2.05) is 0 Å². The minimum absolute atomic E-state index is 0.206. The molecule has 1 aromatic rings. The van der Waals surface area contributed by atoms with Crippen molar-refractivity contribution in [2.45, 2.75) is 187 Å². The molecule has 1 saturated heterocycles. The monoisotopic (exact) mass is 638 g/mol. The summed E-state index contributed by atoms with van der Waals surface area (Å²) in [7, 11) is 0. The highest BCUT2D eigenvalue weighted by Crippen LogP contribution is 2.21. The first kappa shape index (κ1) is 40.8. The Labute approximate surface area is 287 Å². The van der Waals surface area contributed by atoms with Crippen LogP contribution in [0.2, 0.25) is 0 Å². The predicted octanol–water partition coefficient (Wildman–Crippen LogP) is 12.8. The van der Waals surface area contributed by atoms with Crippen LogP contribution in [0.3, 0.4) is 0 Å². The van der Waals surface area contributed by atoms with Crippen LogP contribution in [-0.4, -0.2) is 43.4 Å². The molecular formula is C43H75NO2. The average Bonchev–Trinajstić information content (AvgIpc) is 3.45. The molecule has 2 atom stereocenters. The van der Waals surface area contributed by atoms with Gasteiger partial charge < -0.3 is 9.47 Å². The average molecular weight is 638 g/mol. The van der Waals surface area contributed by atoms with E-state index in [1.165, 1.54) is 160 Å². The summed E-state index contributed by atoms with van der Waals surface area (Å²) >= 11 is 0. The van der Waals surface area contributed by atoms with Gasteiger partial charge in [-0.15, -0.1) is 0 Å². The highest BCUT2D eigenvalue weighted by molar-refractivity contribution is 5.14. The van der Waals surface area contributed by atoms with Gasteiger partial charge >= 0.3 is 0 Å². The van der Waals surface area contributed by atoms with Crippen LogP contribution >= 0.6 is 0 Å². The normalized spacial score (nSPS) is 17.3. The molecule has 3 nitrogen and oxygen atoms in total. The van der Waals surface area contributed by atoms with Crippen LogP contribution in [0, 0.1) is 0 Å². The molecule has 3 heteroatoms. The molecule has 2 rings (SSSR count). The number of likely N-dealkylation sites (tertiary alicyclic amines) is 1. The van der Waals surface area contributed by atoms with E-state index >= 15 is 0 Å². The molecule has 0 radical (unpaired) electrons. The molecule has 1 fully saturated rings. The summed E-state index contributed by atoms with van der Waals surface area (Å²) in [6, 6.07) is 10.9. The third-order valence-electron chi connectivity index (χ3n) is 9.52. The highest BCUT2D eigenvalue weighted by atomic mass is 16.5. The van der Waals surface area contributed by atoms with Gasteiger partial charge in [-0.25, -0.2) is 0 Å². The Morgan fingerprint density at radius 1 is 0.500 bits per heavy atom. The zero-order valence-corrected chi connectivity index (χ0v) is 30.6. The Morgan fingerprint density at radius 2 is 0.870 bits per heavy atom. The highest BCUT2D eigenvalue weighted by Gasteiger charge is 2.34. The first-order valence-corrected chi connectivity index (χ1v) is 20.1. The van der Waals surface area contributed by atoms with Crippen LogP contribution < -0.4 is 0 Å². The van der Waals surface area contributed by atoms with E-state index in [0.717, 1.165) is 32.8 Å². The molecule has 0 aromatic heterocycles. The zero-order valence-electron chi connectivity index (χ0n) is 30.6. The Balaban J connectivity index is 1.52. The van der Waals surface area contributed by atoms with Crippen LogP contribution in [0.4, 0.5) is 0 Å². The van der Waals surface area contributed by atoms with E-state index in [-0.39, 0.29) is 12.2 Å². The van der Waals surface area contributed by atoms with E-state index < -0.39 is 0 Å². The van der Waals surface area contributed by atoms with Gasteiger partial charge in [-0.05, 0) is 69.8 Å². The number of unbranched alkanes of at least 4 members (excludes halogenated alkanes) is 20. The second-order valence-corrected chi connectivity index (χ2v) is 14.0. The summed E-state index contributed by atoms with van der Waals surface area (Å²) < 4.78 is 13.0. The van der Waals surface area contributed by atoms with Crippen LogP contribution in [0.1, 0.15) is 174 Å². The summed E-state index contributed by atoms with van der Waals surface area (Å²) in [4.78, 5) is 2.53. The smallest absolute Gasteiger partial charge is 0.0975 e. The fourth-order valence-electron chi connectivity index (χ4n) is 6.57. The molecule has 0 bridgehead atoms. The van der Waals surface area contributed by atoms with Gasteiger partial charge in [0.15, 0.2) is 0 Å². The lowest BCUT2D eigenvalue weighted by molar-refractivity contribution is -0.0481. The summed E-state index contributed by atoms with van der Waals surface area (Å²) in [5, 5.41) is 0. The van der Waals surface area contributed by atoms with Gasteiger partial charge in [0.25, 0.3) is 0 Å². The third kappa shape index (κ3) is 23.0. The summed E-state index contributed by atoms with van der Waals surface area (Å²) in [5.74, 6) is 0. The number of hydrogen-bond acceptors (Lipinski definition) is 3. The van der Waals surface area contributed by atoms with Crippen LogP contribution in [-0.2, 0) is 16.0 Å². The molecule has 1 heterocycles. The Hall–Kier alpha value is -1.42. The van der Waals surface area contributed by atoms with Crippen LogP contribution in [0.25, 0.3) is 0 Å². The molecule has 0 amide bonds. The quantitative estimate of drug-likeness (QED) is 0.0579. The maximum absolute atomic E-state index is 6.48. The third-order valence-corrected chi connectivity index (χ3v) is 9.52. The molecule has 1 aliphatic rings. The van der Waals surface area contributed by atoms with Gasteiger partial charge in [0, 0.05) is 32.8 Å². The van der Waals surface area contributed by atoms with Crippen molar-refractivity contribution in [3.05, 3.63) is 60.2 Å². The Morgan fingerprint density at radius 3 is 1.28 bits per heavy atom. The SMILES string of the molecule is CCCCCCC=CCCCCCCCCO[C@@H]1CN(Cc2ccccc2)C[C@H]1OCCCCCCCCC=CCCCCCC. The predicted molar refractivity (Wildman–Crippen MR) is 202 cm³/mol. The maximum Gasteiger partial charge on any atom is 0.0975 e. The van der Waals surface area contributed by atoms with E-state index in [9.17, 15) is 0 Å². The summed E-state index contributed by atoms with van der Waals surface area (Å²) in [6.45, 7) is 9.27. The van der Waals surface area contributed by atoms with Crippen molar-refractivity contribution in [1.29, 1.82) is 0 Å². The van der Waals surface area contributed by atoms with Gasteiger partial charge in [-0.2, -0.15) is 0 Å². The molecule has 46 heavy (non-hydrogen) atoms. The first-order valence-electron chi connectivity index (χ1n) is 20.1. The van der Waals surface area contributed by atoms with Gasteiger partial charge in [0.05, 0.1) is 12.2 Å². The summed E-state index contributed by atoms with van der Waals surface area (Å²) in [5.41, 5.74) is 1.38. The number of rotatable bonds is 32. The van der Waals surface area contributed by atoms with Crippen molar-refractivity contribution in [2.75, 3.05) is 26.3 Å². The lowest BCUT2D eigenvalue weighted by Crippen LogP contribution is -2.30. The topological polar surface area (TPSA) is 21.7 Å². The van der Waals surface area contributed by atoms with Crippen molar-refractivity contribution in [1.82, 2.24) is 4.90 Å². The second kappa shape index (κ2) is 30.9. The largest absolute Gasteiger partial charge is 0.374 e. The molecule has 0 N–H and O–H groups in total. The number of nitrogens with zero attached hydrogens (tertiary/aromatic N) is 1. The van der Waals surface area contributed by atoms with E-state index in [2.05, 4.69) is 73.4 Å². The molecule has 0 aliphatic carbocycles. The minimum atomic E-state index is 0.206. The molecule has 0 saturated carbocycles. The van der Waals surface area contributed by atoms with Crippen molar-refractivity contribution < 1.29 is 9.47 Å². The first-order chi connectivity index (χ1) is 22.8. The van der Waals surface area contributed by atoms with Crippen LogP contribution in [0.5, 0.6) is 0 Å². The molecule has 1 aromatic carbocycles. The maximum atomic E-state index is 6.48. The van der Waals surface area contributed by atoms with Crippen molar-refractivity contribution in [2.24, 2.45) is 0 Å². The minimum Gasteiger partial charge on any atom is -0.374 e. The van der Waals surface area contributed by atoms with Gasteiger partial charge in [0.1, 0.15) is 0 Å². The lowest BCUT2D eigenvalue weighted by Gasteiger charge is -2.20. The van der Waals surface area contributed by atoms with E-state index in [4.69, 9.17) is 9.47 Å². The Kier molecular flexibility index (Phi) is 27.4. The van der Waals surface area contributed by atoms with Crippen molar-refractivity contribution >= 4 is 0 Å². The second-order valence-electron chi connectivity index (χ2n) is 14.0. The van der Waals surface area contributed by atoms with E-state index in [0.29, 0.717) is 0 Å². The number of allylic oxidation sites excluding steroid dienone is 4. The van der Waals surface area contributed by atoms with Gasteiger partial charge in [-0.1, -0.05) is 158 Å². The molecular weight excluding hydrogens is 562 g/mol. The van der Waals surface area contributed by atoms with Crippen molar-refractivity contribution in [3.8, 4) is 0 Å². The standard InChI is InChI=1S/C43H75NO2/c1-3-5-7-9-11-13-15-17-19-21-23-25-27-32-36-45-42-39-44(38-41-34-30-29-31-35-41)40-43(42)46-37-33-28-26-24-22-20-18-16-14-12-10-8-6-4-2/h13-16,29-31,34-35,42-43H,3-12,17-28,32-33,36-40H2,1-2H3/t42-,43-/m1/s1. The van der Waals surface area contributed by atoms with Crippen molar-refractivity contribution in [3.63, 3.8) is 0 Å². The Bertz CT molecular complexity index is 773. The number of hydrogen-bond donors (Lipinski definition) is 0. The molecule has 264 valence electrons. The summed E-state index contributed by atoms with van der Waals surface area (Å²) in [6.07, 6.45) is 41.8. The fourth-order valence-corrected chi connectivity index (χ4v) is 6.57. The zero-order chi connectivity index (χ0) is 32.6. The molecule has 1 aliphatic heterocycles. The van der Waals surface area contributed by atoms with Crippen LogP contribution in [0.15, 0.2) is 54.6 Å². The number of benzene rings is 1. The van der Waals surface area contributed by atoms with E-state index in [1.54, 1.807) is 0 Å². The molecule has 0 spiro atoms.